The second-order valence-corrected chi connectivity index (χ2v) is 6.94. The number of halogens is 1. The number of hydrogen-bond donors (Lipinski definition) is 2. The van der Waals surface area contributed by atoms with E-state index < -0.39 is 0 Å². The van der Waals surface area contributed by atoms with Gasteiger partial charge < -0.3 is 29.7 Å². The Hall–Kier alpha value is -2.43. The van der Waals surface area contributed by atoms with Gasteiger partial charge in [0.15, 0.2) is 5.96 Å². The zero-order chi connectivity index (χ0) is 21.2. The van der Waals surface area contributed by atoms with E-state index in [0.29, 0.717) is 19.2 Å². The second kappa shape index (κ2) is 13.1. The Labute approximate surface area is 201 Å². The van der Waals surface area contributed by atoms with Crippen molar-refractivity contribution in [2.45, 2.75) is 19.4 Å². The monoisotopic (exact) mass is 541 g/mol. The van der Waals surface area contributed by atoms with Gasteiger partial charge in [-0.3, -0.25) is 4.98 Å². The fourth-order valence-corrected chi connectivity index (χ4v) is 3.35. The number of anilines is 1. The lowest BCUT2D eigenvalue weighted by Gasteiger charge is -2.21. The summed E-state index contributed by atoms with van der Waals surface area (Å²) >= 11 is 0. The molecule has 2 aromatic rings. The molecule has 1 aliphatic rings. The van der Waals surface area contributed by atoms with Crippen LogP contribution in [0.3, 0.4) is 0 Å². The predicted octanol–water partition coefficient (Wildman–Crippen LogP) is 2.93. The molecule has 31 heavy (non-hydrogen) atoms. The van der Waals surface area contributed by atoms with Crippen LogP contribution < -0.4 is 29.7 Å². The van der Waals surface area contributed by atoms with Crippen molar-refractivity contribution in [3.05, 3.63) is 42.7 Å². The molecule has 0 aliphatic carbocycles. The SMILES string of the molecule is CCNC(=NCCOc1cccnc1)NC1CCN(c2cc(OC)cc(OC)c2)C1.I. The van der Waals surface area contributed by atoms with Crippen LogP contribution in [0, 0.1) is 0 Å². The molecular weight excluding hydrogens is 509 g/mol. The van der Waals surface area contributed by atoms with E-state index in [0.717, 1.165) is 55.0 Å². The molecule has 1 aromatic carbocycles. The molecule has 170 valence electrons. The minimum Gasteiger partial charge on any atom is -0.497 e. The maximum absolute atomic E-state index is 5.67. The van der Waals surface area contributed by atoms with Crippen molar-refractivity contribution in [2.24, 2.45) is 4.99 Å². The summed E-state index contributed by atoms with van der Waals surface area (Å²) in [4.78, 5) is 11.0. The first-order valence-corrected chi connectivity index (χ1v) is 10.3. The molecule has 2 N–H and O–H groups in total. The molecular formula is C22H32IN5O3. The third kappa shape index (κ3) is 7.64. The second-order valence-electron chi connectivity index (χ2n) is 6.94. The van der Waals surface area contributed by atoms with E-state index in [1.54, 1.807) is 26.6 Å². The first-order chi connectivity index (χ1) is 14.7. The summed E-state index contributed by atoms with van der Waals surface area (Å²) in [5.41, 5.74) is 1.10. The molecule has 1 saturated heterocycles. The Morgan fingerprint density at radius 2 is 1.97 bits per heavy atom. The quantitative estimate of drug-likeness (QED) is 0.219. The number of rotatable bonds is 9. The Morgan fingerprint density at radius 1 is 1.19 bits per heavy atom. The van der Waals surface area contributed by atoms with Crippen LogP contribution in [-0.2, 0) is 0 Å². The first kappa shape index (κ1) is 24.8. The highest BCUT2D eigenvalue weighted by Crippen LogP contribution is 2.30. The van der Waals surface area contributed by atoms with Crippen LogP contribution in [0.15, 0.2) is 47.7 Å². The molecule has 1 aromatic heterocycles. The van der Waals surface area contributed by atoms with Crippen LogP contribution in [0.25, 0.3) is 0 Å². The van der Waals surface area contributed by atoms with Gasteiger partial charge in [-0.25, -0.2) is 4.99 Å². The zero-order valence-corrected chi connectivity index (χ0v) is 20.7. The Kier molecular flexibility index (Phi) is 10.5. The van der Waals surface area contributed by atoms with Gasteiger partial charge in [0.1, 0.15) is 23.9 Å². The zero-order valence-electron chi connectivity index (χ0n) is 18.3. The summed E-state index contributed by atoms with van der Waals surface area (Å²) in [7, 11) is 3.34. The molecule has 0 spiro atoms. The fourth-order valence-electron chi connectivity index (χ4n) is 3.35. The molecule has 0 radical (unpaired) electrons. The lowest BCUT2D eigenvalue weighted by atomic mass is 10.2. The summed E-state index contributed by atoms with van der Waals surface area (Å²) in [6, 6.07) is 10.0. The number of hydrogen-bond acceptors (Lipinski definition) is 6. The highest BCUT2D eigenvalue weighted by molar-refractivity contribution is 14.0. The number of pyridine rings is 1. The first-order valence-electron chi connectivity index (χ1n) is 10.3. The average Bonchev–Trinajstić information content (AvgIpc) is 3.25. The van der Waals surface area contributed by atoms with Crippen molar-refractivity contribution in [3.8, 4) is 17.2 Å². The number of guanidine groups is 1. The van der Waals surface area contributed by atoms with Gasteiger partial charge in [-0.05, 0) is 25.5 Å². The number of aliphatic imine (C=N–C) groups is 1. The molecule has 2 heterocycles. The van der Waals surface area contributed by atoms with Crippen LogP contribution >= 0.6 is 24.0 Å². The van der Waals surface area contributed by atoms with Gasteiger partial charge in [0, 0.05) is 55.8 Å². The number of nitrogens with one attached hydrogen (secondary N) is 2. The standard InChI is InChI=1S/C22H31N5O3.HI/c1-4-24-22(25-9-11-30-19-6-5-8-23-15-19)26-17-7-10-27(16-17)18-12-20(28-2)14-21(13-18)29-3;/h5-6,8,12-15,17H,4,7,9-11,16H2,1-3H3,(H2,24,25,26);1H. The number of aromatic nitrogens is 1. The maximum Gasteiger partial charge on any atom is 0.191 e. The minimum absolute atomic E-state index is 0. The molecule has 0 bridgehead atoms. The van der Waals surface area contributed by atoms with E-state index in [1.165, 1.54) is 0 Å². The molecule has 8 nitrogen and oxygen atoms in total. The van der Waals surface area contributed by atoms with Crippen molar-refractivity contribution < 1.29 is 14.2 Å². The molecule has 3 rings (SSSR count). The van der Waals surface area contributed by atoms with E-state index in [4.69, 9.17) is 14.2 Å². The Morgan fingerprint density at radius 3 is 2.61 bits per heavy atom. The van der Waals surface area contributed by atoms with Crippen LogP contribution in [0.2, 0.25) is 0 Å². The summed E-state index contributed by atoms with van der Waals surface area (Å²) in [5.74, 6) is 3.15. The third-order valence-electron chi connectivity index (χ3n) is 4.84. The lowest BCUT2D eigenvalue weighted by molar-refractivity contribution is 0.327. The number of methoxy groups -OCH3 is 2. The molecule has 9 heteroatoms. The van der Waals surface area contributed by atoms with Crippen LogP contribution in [-0.4, -0.2) is 64.0 Å². The molecule has 0 amide bonds. The normalized spacial score (nSPS) is 15.8. The van der Waals surface area contributed by atoms with Crippen molar-refractivity contribution in [3.63, 3.8) is 0 Å². The highest BCUT2D eigenvalue weighted by atomic mass is 127. The fraction of sp³-hybridized carbons (Fsp3) is 0.455. The molecule has 1 atom stereocenters. The van der Waals surface area contributed by atoms with E-state index in [2.05, 4.69) is 32.4 Å². The molecule has 1 unspecified atom stereocenters. The van der Waals surface area contributed by atoms with Gasteiger partial charge in [0.2, 0.25) is 0 Å². The van der Waals surface area contributed by atoms with Crippen LogP contribution in [0.1, 0.15) is 13.3 Å². The van der Waals surface area contributed by atoms with Crippen molar-refractivity contribution in [1.29, 1.82) is 0 Å². The summed E-state index contributed by atoms with van der Waals surface area (Å²) in [6.45, 7) is 5.77. The Balaban J connectivity index is 0.00000341. The van der Waals surface area contributed by atoms with Crippen molar-refractivity contribution in [2.75, 3.05) is 51.9 Å². The van der Waals surface area contributed by atoms with Crippen molar-refractivity contribution in [1.82, 2.24) is 15.6 Å². The molecule has 1 fully saturated rings. The van der Waals surface area contributed by atoms with Gasteiger partial charge in [-0.1, -0.05) is 0 Å². The third-order valence-corrected chi connectivity index (χ3v) is 4.84. The lowest BCUT2D eigenvalue weighted by Crippen LogP contribution is -2.44. The van der Waals surface area contributed by atoms with E-state index in [-0.39, 0.29) is 24.0 Å². The minimum atomic E-state index is 0. The number of nitrogens with zero attached hydrogens (tertiary/aromatic N) is 3. The number of ether oxygens (including phenoxy) is 3. The van der Waals surface area contributed by atoms with E-state index in [1.807, 2.05) is 30.3 Å². The van der Waals surface area contributed by atoms with E-state index >= 15 is 0 Å². The van der Waals surface area contributed by atoms with Gasteiger partial charge >= 0.3 is 0 Å². The number of benzene rings is 1. The summed E-state index contributed by atoms with van der Waals surface area (Å²) < 4.78 is 16.5. The maximum atomic E-state index is 5.67. The van der Waals surface area contributed by atoms with Gasteiger partial charge in [-0.15, -0.1) is 24.0 Å². The van der Waals surface area contributed by atoms with Crippen LogP contribution in [0.4, 0.5) is 5.69 Å². The molecule has 1 aliphatic heterocycles. The topological polar surface area (TPSA) is 80.2 Å². The summed E-state index contributed by atoms with van der Waals surface area (Å²) in [6.07, 6.45) is 4.45. The van der Waals surface area contributed by atoms with Gasteiger partial charge in [-0.2, -0.15) is 0 Å². The predicted molar refractivity (Wildman–Crippen MR) is 134 cm³/mol. The smallest absolute Gasteiger partial charge is 0.191 e. The molecule has 0 saturated carbocycles. The van der Waals surface area contributed by atoms with Gasteiger partial charge in [0.05, 0.1) is 27.0 Å². The highest BCUT2D eigenvalue weighted by Gasteiger charge is 2.24. The Bertz CT molecular complexity index is 800. The van der Waals surface area contributed by atoms with Crippen molar-refractivity contribution >= 4 is 35.6 Å². The van der Waals surface area contributed by atoms with Crippen LogP contribution in [0.5, 0.6) is 17.2 Å². The average molecular weight is 541 g/mol. The van der Waals surface area contributed by atoms with Gasteiger partial charge in [0.25, 0.3) is 0 Å². The van der Waals surface area contributed by atoms with E-state index in [9.17, 15) is 0 Å². The summed E-state index contributed by atoms with van der Waals surface area (Å²) in [5, 5.41) is 6.85. The largest absolute Gasteiger partial charge is 0.497 e.